The van der Waals surface area contributed by atoms with Crippen molar-refractivity contribution in [2.45, 2.75) is 61.3 Å². The summed E-state index contributed by atoms with van der Waals surface area (Å²) in [5.41, 5.74) is 0. The lowest BCUT2D eigenvalue weighted by atomic mass is 9.96. The third-order valence-corrected chi connectivity index (χ3v) is 6.14. The number of aliphatic carboxylic acids is 1. The molecule has 0 aromatic rings. The van der Waals surface area contributed by atoms with Gasteiger partial charge in [0.15, 0.2) is 24.8 Å². The van der Waals surface area contributed by atoms with Crippen molar-refractivity contribution in [2.24, 2.45) is 0 Å². The lowest BCUT2D eigenvalue weighted by molar-refractivity contribution is -0.331. The maximum Gasteiger partial charge on any atom is 0.397 e. The Labute approximate surface area is 201 Å². The number of carboxylic acids is 1. The average Bonchev–Trinajstić information content (AvgIpc) is 2.68. The van der Waals surface area contributed by atoms with E-state index in [0.29, 0.717) is 0 Å². The summed E-state index contributed by atoms with van der Waals surface area (Å²) in [5, 5.41) is 49.9. The van der Waals surface area contributed by atoms with E-state index < -0.39 is 105 Å². The molecule has 0 aromatic heterocycles. The Bertz CT molecular complexity index is 1100. The van der Waals surface area contributed by atoms with Crippen LogP contribution in [0, 0.1) is 0 Å². The molecule has 2 aliphatic rings. The van der Waals surface area contributed by atoms with Gasteiger partial charge in [-0.1, -0.05) is 0 Å². The number of aliphatic hydroxyl groups excluding tert-OH is 4. The van der Waals surface area contributed by atoms with Crippen LogP contribution < -0.4 is 4.72 Å². The van der Waals surface area contributed by atoms with Crippen molar-refractivity contribution in [2.75, 3.05) is 6.61 Å². The molecule has 9 N–H and O–H groups in total. The first-order valence-electron chi connectivity index (χ1n) is 9.14. The fourth-order valence-corrected chi connectivity index (χ4v) is 4.62. The van der Waals surface area contributed by atoms with Gasteiger partial charge in [0.2, 0.25) is 0 Å². The van der Waals surface area contributed by atoms with Gasteiger partial charge in [-0.05, 0) is 0 Å². The van der Waals surface area contributed by atoms with Crippen molar-refractivity contribution in [3.8, 4) is 0 Å². The maximum atomic E-state index is 11.6. The van der Waals surface area contributed by atoms with E-state index in [2.05, 4.69) is 13.1 Å². The monoisotopic (exact) mass is 595 g/mol. The lowest BCUT2D eigenvalue weighted by Crippen LogP contribution is -2.68. The van der Waals surface area contributed by atoms with Crippen molar-refractivity contribution >= 4 is 37.1 Å². The van der Waals surface area contributed by atoms with Crippen LogP contribution in [0.1, 0.15) is 0 Å². The van der Waals surface area contributed by atoms with E-state index in [-0.39, 0.29) is 0 Å². The van der Waals surface area contributed by atoms with Crippen LogP contribution >= 0.6 is 0 Å². The molecule has 2 aliphatic heterocycles. The third kappa shape index (κ3) is 8.41. The fourth-order valence-electron chi connectivity index (χ4n) is 3.23. The van der Waals surface area contributed by atoms with E-state index >= 15 is 0 Å². The van der Waals surface area contributed by atoms with Crippen LogP contribution in [0.4, 0.5) is 0 Å². The van der Waals surface area contributed by atoms with Crippen molar-refractivity contribution in [1.29, 1.82) is 0 Å². The predicted molar refractivity (Wildman–Crippen MR) is 102 cm³/mol. The van der Waals surface area contributed by atoms with Crippen LogP contribution in [0.15, 0.2) is 0 Å². The molecule has 0 unspecified atom stereocenters. The number of rotatable bonds is 10. The Morgan fingerprint density at radius 2 is 1.42 bits per heavy atom. The molecule has 2 heterocycles. The lowest BCUT2D eigenvalue weighted by Gasteiger charge is -2.46. The van der Waals surface area contributed by atoms with Crippen molar-refractivity contribution in [3.63, 3.8) is 0 Å². The van der Waals surface area contributed by atoms with Gasteiger partial charge < -0.3 is 39.7 Å². The van der Waals surface area contributed by atoms with E-state index in [0.717, 1.165) is 0 Å². The Morgan fingerprint density at radius 3 is 1.89 bits per heavy atom. The van der Waals surface area contributed by atoms with E-state index in [1.165, 1.54) is 4.72 Å². The van der Waals surface area contributed by atoms with E-state index in [1.807, 2.05) is 0 Å². The van der Waals surface area contributed by atoms with Crippen LogP contribution in [-0.4, -0.2) is 138 Å². The number of carboxylic acid groups (broad SMARTS) is 1. The van der Waals surface area contributed by atoms with Gasteiger partial charge >= 0.3 is 37.1 Å². The van der Waals surface area contributed by atoms with Gasteiger partial charge in [-0.25, -0.2) is 13.2 Å². The van der Waals surface area contributed by atoms with Crippen LogP contribution in [0.3, 0.4) is 0 Å². The minimum atomic E-state index is -5.39. The van der Waals surface area contributed by atoms with Crippen LogP contribution in [0.2, 0.25) is 0 Å². The number of ether oxygens (including phenoxy) is 3. The molecular formula is C12H21NO20S3. The predicted octanol–water partition coefficient (Wildman–Crippen LogP) is -6.25. The highest BCUT2D eigenvalue weighted by Gasteiger charge is 2.54. The summed E-state index contributed by atoms with van der Waals surface area (Å²) in [5.74, 6) is -1.97. The first kappa shape index (κ1) is 31.0. The second-order valence-corrected chi connectivity index (χ2v) is 10.5. The first-order chi connectivity index (χ1) is 16.2. The molecule has 0 aliphatic carbocycles. The van der Waals surface area contributed by atoms with Crippen LogP contribution in [-0.2, 0) is 58.5 Å². The van der Waals surface area contributed by atoms with Gasteiger partial charge in [-0.15, -0.1) is 0 Å². The molecule has 36 heavy (non-hydrogen) atoms. The second-order valence-electron chi connectivity index (χ2n) is 7.22. The Balaban J connectivity index is 2.43. The summed E-state index contributed by atoms with van der Waals surface area (Å²) in [7, 11) is -15.8. The summed E-state index contributed by atoms with van der Waals surface area (Å²) >= 11 is 0. The third-order valence-electron chi connectivity index (χ3n) is 4.67. The highest BCUT2D eigenvalue weighted by Crippen LogP contribution is 2.31. The molecule has 0 radical (unpaired) electrons. The molecular weight excluding hydrogens is 574 g/mol. The highest BCUT2D eigenvalue weighted by molar-refractivity contribution is 7.83. The summed E-state index contributed by atoms with van der Waals surface area (Å²) in [4.78, 5) is 11.6. The van der Waals surface area contributed by atoms with Gasteiger partial charge in [0.05, 0.1) is 6.61 Å². The smallest absolute Gasteiger partial charge is 0.397 e. The molecule has 0 spiro atoms. The normalized spacial score (nSPS) is 38.5. The summed E-state index contributed by atoms with van der Waals surface area (Å²) in [6.45, 7) is -1.24. The molecule has 212 valence electrons. The van der Waals surface area contributed by atoms with Gasteiger partial charge in [-0.2, -0.15) is 30.0 Å². The summed E-state index contributed by atoms with van der Waals surface area (Å²) in [6.07, 6.45) is -21.0. The Kier molecular flexibility index (Phi) is 9.71. The Hall–Kier alpha value is -1.20. The first-order valence-corrected chi connectivity index (χ1v) is 13.3. The van der Waals surface area contributed by atoms with Gasteiger partial charge in [0, 0.05) is 0 Å². The van der Waals surface area contributed by atoms with E-state index in [4.69, 9.17) is 23.1 Å². The van der Waals surface area contributed by atoms with Crippen molar-refractivity contribution in [3.05, 3.63) is 0 Å². The van der Waals surface area contributed by atoms with Gasteiger partial charge in [-0.3, -0.25) is 13.7 Å². The molecule has 2 saturated heterocycles. The van der Waals surface area contributed by atoms with Gasteiger partial charge in [0.1, 0.15) is 36.6 Å². The summed E-state index contributed by atoms with van der Waals surface area (Å²) in [6, 6.07) is -2.23. The number of hydrogen-bond acceptors (Lipinski definition) is 16. The molecule has 0 saturated carbocycles. The number of hydrogen-bond donors (Lipinski definition) is 9. The zero-order valence-electron chi connectivity index (χ0n) is 17.2. The fraction of sp³-hybridized carbons (Fsp3) is 0.917. The summed E-state index contributed by atoms with van der Waals surface area (Å²) < 4.78 is 117. The van der Waals surface area contributed by atoms with Crippen molar-refractivity contribution < 1.29 is 91.8 Å². The average molecular weight is 595 g/mol. The van der Waals surface area contributed by atoms with Crippen molar-refractivity contribution in [1.82, 2.24) is 4.72 Å². The molecule has 2 rings (SSSR count). The molecule has 0 amide bonds. The van der Waals surface area contributed by atoms with Gasteiger partial charge in [0.25, 0.3) is 0 Å². The zero-order chi connectivity index (χ0) is 27.8. The maximum absolute atomic E-state index is 11.6. The standard InChI is InChI=1S/C12H21NO20S3/c14-4-2(1-29-35(23,24)25)30-12(3(5(4)15)13-34(20,21)22)32-7-6(16)8(33-36(26,27)28)11(19)31-9(7)10(17)18/h2-9,11-16,19H,1H2,(H,17,18)(H,20,21,22)(H,23,24,25)(H,26,27,28)/t2-,3-,4-,5-,6+,7+,8-,9+,11-,12-/m1/s1. The van der Waals surface area contributed by atoms with E-state index in [1.54, 1.807) is 0 Å². The molecule has 24 heteroatoms. The SMILES string of the molecule is O=C(O)[C@H]1O[C@@H](O)[C@H](OS(=O)(=O)O)[C@@H](O)[C@@H]1O[C@H]1O[C@H](COS(=O)(=O)O)[C@@H](O)[C@H](O)[C@H]1NS(=O)(=O)O. The molecule has 21 nitrogen and oxygen atoms in total. The minimum absolute atomic E-state index is 1.24. The zero-order valence-corrected chi connectivity index (χ0v) is 19.6. The Morgan fingerprint density at radius 1 is 0.833 bits per heavy atom. The van der Waals surface area contributed by atoms with Crippen LogP contribution in [0.25, 0.3) is 0 Å². The van der Waals surface area contributed by atoms with E-state index in [9.17, 15) is 55.6 Å². The topological polar surface area (TPSA) is 340 Å². The molecule has 10 atom stereocenters. The number of aliphatic hydroxyl groups is 4. The minimum Gasteiger partial charge on any atom is -0.479 e. The second kappa shape index (κ2) is 11.3. The quantitative estimate of drug-likeness (QED) is 0.106. The largest absolute Gasteiger partial charge is 0.479 e. The molecule has 0 aromatic carbocycles. The molecule has 2 fully saturated rings. The highest BCUT2D eigenvalue weighted by atomic mass is 32.3. The van der Waals surface area contributed by atoms with Crippen LogP contribution in [0.5, 0.6) is 0 Å². The number of carbonyl (C=O) groups is 1. The molecule has 0 bridgehead atoms. The number of nitrogens with one attached hydrogen (secondary N) is 1.